The average Bonchev–Trinajstić information content (AvgIpc) is 3.61. The van der Waals surface area contributed by atoms with E-state index in [-0.39, 0.29) is 29.6 Å². The zero-order chi connectivity index (χ0) is 29.9. The molecule has 2 atom stereocenters. The quantitative estimate of drug-likeness (QED) is 0.463. The summed E-state index contributed by atoms with van der Waals surface area (Å²) in [6, 6.07) is 12.9. The first-order chi connectivity index (χ1) is 21.0. The summed E-state index contributed by atoms with van der Waals surface area (Å²) in [4.78, 5) is 45.4. The van der Waals surface area contributed by atoms with Gasteiger partial charge in [-0.3, -0.25) is 19.3 Å². The van der Waals surface area contributed by atoms with Crippen molar-refractivity contribution in [2.75, 3.05) is 65.0 Å². The number of hydrazone groups is 1. The predicted octanol–water partition coefficient (Wildman–Crippen LogP) is 3.42. The van der Waals surface area contributed by atoms with E-state index < -0.39 is 0 Å². The molecule has 3 amide bonds. The van der Waals surface area contributed by atoms with E-state index in [0.29, 0.717) is 61.9 Å². The van der Waals surface area contributed by atoms with Gasteiger partial charge in [0.1, 0.15) is 0 Å². The number of ether oxygens (including phenoxy) is 2. The Labute approximate surface area is 252 Å². The molecule has 10 nitrogen and oxygen atoms in total. The van der Waals surface area contributed by atoms with Gasteiger partial charge in [-0.2, -0.15) is 5.10 Å². The Kier molecular flexibility index (Phi) is 8.47. The summed E-state index contributed by atoms with van der Waals surface area (Å²) in [5.41, 5.74) is 2.90. The highest BCUT2D eigenvalue weighted by atomic mass is 16.5. The number of allylic oxidation sites excluding steroid dienone is 2. The van der Waals surface area contributed by atoms with Crippen LogP contribution in [0, 0.1) is 11.8 Å². The maximum absolute atomic E-state index is 13.7. The third-order valence-electron chi connectivity index (χ3n) is 9.03. The molecule has 2 saturated heterocycles. The number of hydrogen-bond donors (Lipinski definition) is 0. The zero-order valence-electron chi connectivity index (χ0n) is 24.9. The van der Waals surface area contributed by atoms with Gasteiger partial charge >= 0.3 is 0 Å². The second-order valence-electron chi connectivity index (χ2n) is 11.6. The number of anilines is 1. The van der Waals surface area contributed by atoms with Crippen LogP contribution < -0.4 is 14.5 Å². The number of likely N-dealkylation sites (tertiary alicyclic amines) is 1. The van der Waals surface area contributed by atoms with E-state index in [9.17, 15) is 14.4 Å². The van der Waals surface area contributed by atoms with Crippen LogP contribution in [0.25, 0.3) is 0 Å². The van der Waals surface area contributed by atoms with Crippen LogP contribution in [0.3, 0.4) is 0 Å². The Balaban J connectivity index is 1.16. The topological polar surface area (TPSA) is 95.0 Å². The minimum atomic E-state index is -0.222. The largest absolute Gasteiger partial charge is 0.493 e. The lowest BCUT2D eigenvalue weighted by atomic mass is 9.76. The fraction of sp³-hybridized carbons (Fsp3) is 0.455. The molecule has 0 unspecified atom stereocenters. The Morgan fingerprint density at radius 1 is 0.814 bits per heavy atom. The number of piperazine rings is 1. The van der Waals surface area contributed by atoms with Crippen molar-refractivity contribution in [2.45, 2.75) is 25.7 Å². The van der Waals surface area contributed by atoms with Gasteiger partial charge < -0.3 is 19.3 Å². The van der Waals surface area contributed by atoms with Crippen LogP contribution in [0.1, 0.15) is 41.6 Å². The van der Waals surface area contributed by atoms with E-state index in [2.05, 4.69) is 17.1 Å². The maximum atomic E-state index is 13.7. The number of methoxy groups -OCH3 is 2. The molecule has 0 N–H and O–H groups in total. The van der Waals surface area contributed by atoms with Crippen LogP contribution in [0.2, 0.25) is 0 Å². The molecule has 6 rings (SSSR count). The first-order valence-corrected chi connectivity index (χ1v) is 15.2. The molecular weight excluding hydrogens is 546 g/mol. The molecule has 0 aromatic heterocycles. The number of amides is 3. The zero-order valence-corrected chi connectivity index (χ0v) is 24.9. The molecule has 4 aliphatic rings. The van der Waals surface area contributed by atoms with Crippen molar-refractivity contribution < 1.29 is 23.9 Å². The second-order valence-corrected chi connectivity index (χ2v) is 11.6. The van der Waals surface area contributed by atoms with Crippen molar-refractivity contribution in [3.8, 4) is 11.5 Å². The first kappa shape index (κ1) is 28.9. The summed E-state index contributed by atoms with van der Waals surface area (Å²) >= 11 is 0. The van der Waals surface area contributed by atoms with Gasteiger partial charge in [0.05, 0.1) is 38.1 Å². The molecule has 1 aliphatic carbocycles. The van der Waals surface area contributed by atoms with Crippen LogP contribution in [0.15, 0.2) is 59.7 Å². The lowest BCUT2D eigenvalue weighted by Crippen LogP contribution is -2.51. The Morgan fingerprint density at radius 3 is 2.16 bits per heavy atom. The molecule has 2 aromatic rings. The predicted molar refractivity (Wildman–Crippen MR) is 164 cm³/mol. The van der Waals surface area contributed by atoms with Gasteiger partial charge in [-0.15, -0.1) is 0 Å². The summed E-state index contributed by atoms with van der Waals surface area (Å²) in [5, 5.41) is 6.36. The molecule has 226 valence electrons. The maximum Gasteiger partial charge on any atom is 0.253 e. The monoisotopic (exact) mass is 585 g/mol. The fourth-order valence-electron chi connectivity index (χ4n) is 6.52. The summed E-state index contributed by atoms with van der Waals surface area (Å²) in [5.74, 6) is 1.08. The number of fused-ring (bicyclic) bond motifs is 1. The van der Waals surface area contributed by atoms with E-state index in [0.717, 1.165) is 43.6 Å². The third-order valence-corrected chi connectivity index (χ3v) is 9.03. The molecule has 0 saturated carbocycles. The minimum absolute atomic E-state index is 0.0305. The van der Waals surface area contributed by atoms with Gasteiger partial charge in [-0.25, -0.2) is 5.01 Å². The first-order valence-electron chi connectivity index (χ1n) is 15.2. The Bertz CT molecular complexity index is 1420. The minimum Gasteiger partial charge on any atom is -0.493 e. The summed E-state index contributed by atoms with van der Waals surface area (Å²) in [7, 11) is 3.20. The van der Waals surface area contributed by atoms with E-state index in [1.54, 1.807) is 38.5 Å². The molecule has 0 spiro atoms. The van der Waals surface area contributed by atoms with Crippen LogP contribution in [0.4, 0.5) is 5.69 Å². The van der Waals surface area contributed by atoms with Crippen LogP contribution in [-0.4, -0.2) is 98.2 Å². The van der Waals surface area contributed by atoms with Crippen molar-refractivity contribution in [3.63, 3.8) is 0 Å². The van der Waals surface area contributed by atoms with Crippen molar-refractivity contribution in [1.29, 1.82) is 0 Å². The van der Waals surface area contributed by atoms with Gasteiger partial charge in [-0.05, 0) is 68.1 Å². The highest BCUT2D eigenvalue weighted by Gasteiger charge is 2.41. The molecule has 10 heteroatoms. The average molecular weight is 586 g/mol. The molecule has 2 aromatic carbocycles. The molecule has 0 radical (unpaired) electrons. The van der Waals surface area contributed by atoms with Crippen LogP contribution >= 0.6 is 0 Å². The second kappa shape index (κ2) is 12.6. The number of rotatable bonds is 7. The number of benzene rings is 2. The lowest BCUT2D eigenvalue weighted by molar-refractivity contribution is -0.131. The highest BCUT2D eigenvalue weighted by molar-refractivity contribution is 6.11. The Hall–Kier alpha value is -4.18. The smallest absolute Gasteiger partial charge is 0.253 e. The molecule has 2 fully saturated rings. The number of carbonyl (C=O) groups is 3. The highest BCUT2D eigenvalue weighted by Crippen LogP contribution is 2.38. The van der Waals surface area contributed by atoms with Crippen molar-refractivity contribution in [2.24, 2.45) is 16.9 Å². The van der Waals surface area contributed by atoms with Crippen molar-refractivity contribution >= 4 is 29.1 Å². The van der Waals surface area contributed by atoms with Crippen molar-refractivity contribution in [3.05, 3.63) is 65.7 Å². The summed E-state index contributed by atoms with van der Waals surface area (Å²) in [6.45, 7) is 4.65. The third kappa shape index (κ3) is 5.88. The van der Waals surface area contributed by atoms with Crippen LogP contribution in [-0.2, 0) is 9.59 Å². The Morgan fingerprint density at radius 2 is 1.49 bits per heavy atom. The molecular formula is C33H39N5O5. The standard InChI is InChI=1S/C33H39N5O5/c1-42-28-14-11-24(21-29(28)43-2)31-26-7-3-4-8-27(26)33(41)38(34-31)25-12-9-23(10-13-25)32(40)37-19-17-35(18-20-37)22-30(39)36-15-5-6-16-36/h3-4,9-14,21,26-27H,5-8,15-20,22H2,1-2H3/t26-,27+/m0/s1. The number of hydrogen-bond acceptors (Lipinski definition) is 7. The van der Waals surface area contributed by atoms with Gasteiger partial charge in [0.15, 0.2) is 11.5 Å². The van der Waals surface area contributed by atoms with Crippen molar-refractivity contribution in [1.82, 2.24) is 14.7 Å². The molecule has 3 heterocycles. The van der Waals surface area contributed by atoms with Gasteiger partial charge in [0.25, 0.3) is 11.8 Å². The summed E-state index contributed by atoms with van der Waals surface area (Å²) in [6.07, 6.45) is 7.75. The number of carbonyl (C=O) groups excluding carboxylic acids is 3. The van der Waals surface area contributed by atoms with Gasteiger partial charge in [0.2, 0.25) is 5.91 Å². The van der Waals surface area contributed by atoms with E-state index >= 15 is 0 Å². The van der Waals surface area contributed by atoms with Gasteiger partial charge in [-0.1, -0.05) is 12.2 Å². The SMILES string of the molecule is COc1ccc(C2=NN(c3ccc(C(=O)N4CCN(CC(=O)N5CCCC5)CC4)cc3)C(=O)[C@@H]3CC=CC[C@H]23)cc1OC. The summed E-state index contributed by atoms with van der Waals surface area (Å²) < 4.78 is 11.0. The van der Waals surface area contributed by atoms with Gasteiger partial charge in [0, 0.05) is 56.3 Å². The fourth-order valence-corrected chi connectivity index (χ4v) is 6.52. The van der Waals surface area contributed by atoms with E-state index in [1.807, 2.05) is 28.0 Å². The normalized spacial score (nSPS) is 22.3. The molecule has 43 heavy (non-hydrogen) atoms. The number of nitrogens with zero attached hydrogens (tertiary/aromatic N) is 5. The molecule has 3 aliphatic heterocycles. The lowest BCUT2D eigenvalue weighted by Gasteiger charge is -2.37. The van der Waals surface area contributed by atoms with E-state index in [4.69, 9.17) is 14.6 Å². The molecule has 0 bridgehead atoms. The van der Waals surface area contributed by atoms with E-state index in [1.165, 1.54) is 5.01 Å². The van der Waals surface area contributed by atoms with Crippen LogP contribution in [0.5, 0.6) is 11.5 Å².